The summed E-state index contributed by atoms with van der Waals surface area (Å²) in [7, 11) is 0. The number of carbonyl (C=O) groups is 1. The molecule has 0 radical (unpaired) electrons. The summed E-state index contributed by atoms with van der Waals surface area (Å²) in [6, 6.07) is 0. The molecule has 0 aromatic carbocycles. The Bertz CT molecular complexity index is 144. The van der Waals surface area contributed by atoms with Crippen molar-refractivity contribution in [2.75, 3.05) is 13.1 Å². The van der Waals surface area contributed by atoms with Gasteiger partial charge in [-0.25, -0.2) is 0 Å². The molecule has 0 heterocycles. The summed E-state index contributed by atoms with van der Waals surface area (Å²) < 4.78 is 0. The number of Topliss-reactive ketones (excluding diaryl/α,β-unsaturated/α-hetero) is 1. The van der Waals surface area contributed by atoms with E-state index in [-0.39, 0.29) is 0 Å². The molecule has 0 fully saturated rings. The number of nitrogens with zero attached hydrogens (tertiary/aromatic N) is 2. The van der Waals surface area contributed by atoms with Crippen molar-refractivity contribution < 1.29 is 20.1 Å². The molecule has 0 saturated heterocycles. The van der Waals surface area contributed by atoms with Crippen LogP contribution in [0.25, 0.3) is 0 Å². The Hall–Kier alpha value is -1.05. The largest absolute Gasteiger partial charge is 0.291 e. The van der Waals surface area contributed by atoms with Crippen molar-refractivity contribution in [3.8, 4) is 0 Å². The molecule has 0 saturated carbocycles. The van der Waals surface area contributed by atoms with E-state index in [1.165, 1.54) is 0 Å². The topological polar surface area (TPSA) is 104 Å². The summed E-state index contributed by atoms with van der Waals surface area (Å²) in [5, 5.41) is 25.2. The van der Waals surface area contributed by atoms with E-state index in [1.54, 1.807) is 0 Å². The summed E-state index contributed by atoms with van der Waals surface area (Å²) in [5.41, 5.74) is 0. The van der Waals surface area contributed by atoms with Gasteiger partial charge in [-0.1, -0.05) is 5.23 Å². The van der Waals surface area contributed by atoms with Crippen molar-refractivity contribution in [2.45, 2.75) is 0 Å². The second-order valence-electron chi connectivity index (χ2n) is 1.56. The lowest BCUT2D eigenvalue weighted by atomic mass is 10.4. The quantitative estimate of drug-likeness (QED) is 0.390. The fourth-order valence-corrected chi connectivity index (χ4v) is 0.352. The summed E-state index contributed by atoms with van der Waals surface area (Å²) >= 11 is 0. The Morgan fingerprint density at radius 2 is 2.10 bits per heavy atom. The van der Waals surface area contributed by atoms with Gasteiger partial charge in [-0.2, -0.15) is 0 Å². The van der Waals surface area contributed by atoms with Gasteiger partial charge in [0.2, 0.25) is 5.78 Å². The van der Waals surface area contributed by atoms with Gasteiger partial charge < -0.3 is 0 Å². The van der Waals surface area contributed by atoms with E-state index in [1.807, 2.05) is 0 Å². The van der Waals surface area contributed by atoms with Crippen LogP contribution in [0, 0.1) is 10.1 Å². The van der Waals surface area contributed by atoms with Crippen LogP contribution in [0.15, 0.2) is 0 Å². The van der Waals surface area contributed by atoms with E-state index >= 15 is 0 Å². The summed E-state index contributed by atoms with van der Waals surface area (Å²) in [6.45, 7) is -1.64. The zero-order valence-electron chi connectivity index (χ0n) is 4.93. The van der Waals surface area contributed by atoms with Crippen LogP contribution >= 0.6 is 0 Å². The first-order chi connectivity index (χ1) is 4.52. The number of hydrogen-bond donors (Lipinski definition) is 2. The molecular weight excluding hydrogens is 144 g/mol. The summed E-state index contributed by atoms with van der Waals surface area (Å²) in [4.78, 5) is 19.0. The lowest BCUT2D eigenvalue weighted by Gasteiger charge is -2.00. The molecule has 2 N–H and O–H groups in total. The van der Waals surface area contributed by atoms with E-state index in [4.69, 9.17) is 10.4 Å². The van der Waals surface area contributed by atoms with Crippen molar-refractivity contribution in [2.24, 2.45) is 0 Å². The van der Waals surface area contributed by atoms with Gasteiger partial charge in [0.1, 0.15) is 6.54 Å². The highest BCUT2D eigenvalue weighted by Gasteiger charge is 2.11. The first-order valence-electron chi connectivity index (χ1n) is 2.31. The molecule has 0 atom stereocenters. The minimum Gasteiger partial charge on any atom is -0.291 e. The molecule has 0 aromatic heterocycles. The Morgan fingerprint density at radius 1 is 1.60 bits per heavy atom. The third-order valence-corrected chi connectivity index (χ3v) is 0.623. The average Bonchev–Trinajstić information content (AvgIpc) is 1.58. The van der Waals surface area contributed by atoms with Crippen LogP contribution in [-0.4, -0.2) is 39.4 Å². The third kappa shape index (κ3) is 5.09. The molecule has 0 aliphatic rings. The number of hydroxylamine groups is 2. The Balaban J connectivity index is 3.54. The van der Waals surface area contributed by atoms with Crippen molar-refractivity contribution in [3.63, 3.8) is 0 Å². The first kappa shape index (κ1) is 8.95. The Morgan fingerprint density at radius 3 is 2.40 bits per heavy atom. The van der Waals surface area contributed by atoms with Gasteiger partial charge in [0, 0.05) is 4.92 Å². The van der Waals surface area contributed by atoms with E-state index in [2.05, 4.69) is 0 Å². The maximum Gasteiger partial charge on any atom is 0.262 e. The number of ketones is 1. The van der Waals surface area contributed by atoms with Crippen molar-refractivity contribution in [1.82, 2.24) is 5.23 Å². The van der Waals surface area contributed by atoms with Gasteiger partial charge in [0.05, 0.1) is 0 Å². The van der Waals surface area contributed by atoms with Crippen molar-refractivity contribution >= 4 is 5.78 Å². The molecule has 0 amide bonds. The standard InChI is InChI=1S/C3H6N2O5/c6-3(1-4(7)8)2-5(9)10/h7-8H,1-2H2. The van der Waals surface area contributed by atoms with Gasteiger partial charge in [0.25, 0.3) is 6.54 Å². The molecule has 0 aromatic rings. The second-order valence-corrected chi connectivity index (χ2v) is 1.56. The van der Waals surface area contributed by atoms with Crippen LogP contribution in [0.1, 0.15) is 0 Å². The highest BCUT2D eigenvalue weighted by atomic mass is 16.8. The summed E-state index contributed by atoms with van der Waals surface area (Å²) in [6.07, 6.45) is 0. The molecule has 0 spiro atoms. The maximum absolute atomic E-state index is 10.3. The van der Waals surface area contributed by atoms with Crippen molar-refractivity contribution in [1.29, 1.82) is 0 Å². The fraction of sp³-hybridized carbons (Fsp3) is 0.667. The number of nitro groups is 1. The van der Waals surface area contributed by atoms with Gasteiger partial charge >= 0.3 is 0 Å². The molecular formula is C3H6N2O5. The van der Waals surface area contributed by atoms with Crippen LogP contribution in [0.5, 0.6) is 0 Å². The van der Waals surface area contributed by atoms with Crippen LogP contribution in [0.4, 0.5) is 0 Å². The third-order valence-electron chi connectivity index (χ3n) is 0.623. The van der Waals surface area contributed by atoms with Gasteiger partial charge in [-0.05, 0) is 0 Å². The van der Waals surface area contributed by atoms with Gasteiger partial charge in [-0.3, -0.25) is 25.3 Å². The fourth-order valence-electron chi connectivity index (χ4n) is 0.352. The molecule has 58 valence electrons. The molecule has 0 rings (SSSR count). The van der Waals surface area contributed by atoms with Crippen LogP contribution in [0.2, 0.25) is 0 Å². The van der Waals surface area contributed by atoms with E-state index in [9.17, 15) is 14.9 Å². The molecule has 0 bridgehead atoms. The van der Waals surface area contributed by atoms with Crippen LogP contribution in [-0.2, 0) is 4.79 Å². The van der Waals surface area contributed by atoms with Gasteiger partial charge in [-0.15, -0.1) is 0 Å². The normalized spacial score (nSPS) is 9.90. The van der Waals surface area contributed by atoms with Gasteiger partial charge in [0.15, 0.2) is 0 Å². The zero-order valence-corrected chi connectivity index (χ0v) is 4.93. The minimum absolute atomic E-state index is 0.397. The minimum atomic E-state index is -0.891. The Labute approximate surface area is 55.5 Å². The average molecular weight is 150 g/mol. The zero-order chi connectivity index (χ0) is 8.15. The van der Waals surface area contributed by atoms with E-state index in [0.29, 0.717) is 0 Å². The Kier molecular flexibility index (Phi) is 3.47. The monoisotopic (exact) mass is 150 g/mol. The van der Waals surface area contributed by atoms with Crippen LogP contribution in [0.3, 0.4) is 0 Å². The predicted molar refractivity (Wildman–Crippen MR) is 27.1 cm³/mol. The lowest BCUT2D eigenvalue weighted by molar-refractivity contribution is -0.468. The predicted octanol–water partition coefficient (Wildman–Crippen LogP) is -1.09. The SMILES string of the molecule is O=C(CN(O)O)C[N+](=O)[O-]. The highest BCUT2D eigenvalue weighted by molar-refractivity contribution is 5.81. The highest BCUT2D eigenvalue weighted by Crippen LogP contribution is 1.77. The van der Waals surface area contributed by atoms with Crippen LogP contribution < -0.4 is 0 Å². The van der Waals surface area contributed by atoms with E-state index in [0.717, 1.165) is 0 Å². The number of carbonyl (C=O) groups excluding carboxylic acids is 1. The molecule has 10 heavy (non-hydrogen) atoms. The molecule has 0 aliphatic heterocycles. The maximum atomic E-state index is 10.3. The number of hydrogen-bond acceptors (Lipinski definition) is 6. The van der Waals surface area contributed by atoms with Crippen molar-refractivity contribution in [3.05, 3.63) is 10.1 Å². The lowest BCUT2D eigenvalue weighted by Crippen LogP contribution is -2.27. The second kappa shape index (κ2) is 3.88. The first-order valence-corrected chi connectivity index (χ1v) is 2.31. The molecule has 0 aliphatic carbocycles. The summed E-state index contributed by atoms with van der Waals surface area (Å²) in [5.74, 6) is -0.866. The van der Waals surface area contributed by atoms with E-state index < -0.39 is 29.0 Å². The molecule has 7 heteroatoms. The molecule has 7 nitrogen and oxygen atoms in total. The molecule has 0 unspecified atom stereocenters. The number of rotatable bonds is 4. The smallest absolute Gasteiger partial charge is 0.262 e.